The molecule has 1 spiro atoms. The molecular formula is C55H43FN2. The summed E-state index contributed by atoms with van der Waals surface area (Å²) in [5.41, 5.74) is 18.4. The maximum Gasteiger partial charge on any atom is 0.124 e. The Labute approximate surface area is 340 Å². The van der Waals surface area contributed by atoms with Crippen molar-refractivity contribution in [3.05, 3.63) is 173 Å². The topological polar surface area (TPSA) is 36.7 Å². The smallest absolute Gasteiger partial charge is 0.124 e. The zero-order valence-electron chi connectivity index (χ0n) is 32.9. The first-order valence-electron chi connectivity index (χ1n) is 21.1. The minimum atomic E-state index is -0.363. The number of hydrogen-bond acceptors (Lipinski definition) is 2. The van der Waals surface area contributed by atoms with Crippen molar-refractivity contribution in [2.24, 2.45) is 23.7 Å². The number of aromatic nitrogens is 1. The number of pyridine rings is 1. The van der Waals surface area contributed by atoms with Crippen molar-refractivity contribution in [1.29, 1.82) is 5.26 Å². The Hall–Kier alpha value is -6.11. The largest absolute Gasteiger partial charge is 0.248 e. The van der Waals surface area contributed by atoms with Gasteiger partial charge in [-0.25, -0.2) is 9.37 Å². The summed E-state index contributed by atoms with van der Waals surface area (Å²) in [7, 11) is 0. The van der Waals surface area contributed by atoms with E-state index in [0.29, 0.717) is 11.8 Å². The predicted octanol–water partition coefficient (Wildman–Crippen LogP) is 13.8. The second kappa shape index (κ2) is 12.2. The van der Waals surface area contributed by atoms with Crippen molar-refractivity contribution in [2.45, 2.75) is 56.8 Å². The molecule has 4 fully saturated rings. The fourth-order valence-corrected chi connectivity index (χ4v) is 13.0. The maximum atomic E-state index is 16.2. The average molecular weight is 751 g/mol. The van der Waals surface area contributed by atoms with Crippen LogP contribution in [0.3, 0.4) is 0 Å². The van der Waals surface area contributed by atoms with Crippen molar-refractivity contribution in [3.63, 3.8) is 0 Å². The van der Waals surface area contributed by atoms with E-state index < -0.39 is 0 Å². The molecule has 6 aliphatic carbocycles. The van der Waals surface area contributed by atoms with Gasteiger partial charge < -0.3 is 0 Å². The number of benzene rings is 6. The minimum Gasteiger partial charge on any atom is -0.248 e. The number of fused-ring (bicyclic) bond motifs is 6. The molecule has 6 aliphatic rings. The fourth-order valence-electron chi connectivity index (χ4n) is 13.0. The van der Waals surface area contributed by atoms with Crippen LogP contribution in [0.4, 0.5) is 4.39 Å². The molecule has 0 radical (unpaired) electrons. The molecule has 6 aromatic carbocycles. The molecule has 0 unspecified atom stereocenters. The number of nitrogens with zero attached hydrogens (tertiary/aromatic N) is 2. The summed E-state index contributed by atoms with van der Waals surface area (Å²) in [4.78, 5) is 5.13. The molecule has 58 heavy (non-hydrogen) atoms. The van der Waals surface area contributed by atoms with Crippen LogP contribution in [0, 0.1) is 40.8 Å². The van der Waals surface area contributed by atoms with Crippen LogP contribution in [0.25, 0.3) is 67.0 Å². The van der Waals surface area contributed by atoms with Crippen LogP contribution in [0.15, 0.2) is 140 Å². The average Bonchev–Trinajstić information content (AvgIpc) is 3.66. The first-order valence-corrected chi connectivity index (χ1v) is 21.1. The van der Waals surface area contributed by atoms with Crippen molar-refractivity contribution >= 4 is 0 Å². The van der Waals surface area contributed by atoms with Crippen LogP contribution < -0.4 is 0 Å². The molecule has 0 amide bonds. The quantitative estimate of drug-likeness (QED) is 0.180. The van der Waals surface area contributed by atoms with Gasteiger partial charge in [-0.05, 0) is 171 Å². The van der Waals surface area contributed by atoms with Gasteiger partial charge in [-0.1, -0.05) is 105 Å². The minimum absolute atomic E-state index is 0.0357. The number of hydrogen-bond donors (Lipinski definition) is 0. The Bertz CT molecular complexity index is 2810. The third-order valence-corrected chi connectivity index (χ3v) is 15.1. The highest BCUT2D eigenvalue weighted by Gasteiger charge is 2.61. The molecule has 4 bridgehead atoms. The van der Waals surface area contributed by atoms with Gasteiger partial charge in [0.1, 0.15) is 5.82 Å². The lowest BCUT2D eigenvalue weighted by molar-refractivity contribution is -0.0399. The third-order valence-electron chi connectivity index (χ3n) is 15.1. The van der Waals surface area contributed by atoms with Gasteiger partial charge in [0.15, 0.2) is 0 Å². The zero-order chi connectivity index (χ0) is 38.9. The lowest BCUT2D eigenvalue weighted by Gasteiger charge is -2.61. The van der Waals surface area contributed by atoms with Crippen molar-refractivity contribution in [3.8, 4) is 73.1 Å². The second-order valence-electron chi connectivity index (χ2n) is 18.4. The Morgan fingerprint density at radius 1 is 0.517 bits per heavy atom. The highest BCUT2D eigenvalue weighted by atomic mass is 19.1. The van der Waals surface area contributed by atoms with Gasteiger partial charge in [-0.15, -0.1) is 0 Å². The monoisotopic (exact) mass is 750 g/mol. The van der Waals surface area contributed by atoms with Gasteiger partial charge in [0, 0.05) is 22.0 Å². The fraction of sp³-hybridized carbons (Fsp3) is 0.236. The van der Waals surface area contributed by atoms with E-state index in [9.17, 15) is 5.26 Å². The summed E-state index contributed by atoms with van der Waals surface area (Å²) in [5, 5.41) is 10.0. The van der Waals surface area contributed by atoms with E-state index in [1.54, 1.807) is 12.1 Å². The van der Waals surface area contributed by atoms with Crippen molar-refractivity contribution < 1.29 is 4.39 Å². The van der Waals surface area contributed by atoms with E-state index in [0.717, 1.165) is 73.3 Å². The van der Waals surface area contributed by atoms with Gasteiger partial charge in [-0.3, -0.25) is 0 Å². The summed E-state index contributed by atoms with van der Waals surface area (Å²) >= 11 is 0. The van der Waals surface area contributed by atoms with Crippen LogP contribution >= 0.6 is 0 Å². The van der Waals surface area contributed by atoms with Crippen LogP contribution in [0.1, 0.15) is 73.8 Å². The van der Waals surface area contributed by atoms with Gasteiger partial charge in [0.25, 0.3) is 0 Å². The molecular weight excluding hydrogens is 708 g/mol. The van der Waals surface area contributed by atoms with Crippen LogP contribution in [-0.2, 0) is 10.8 Å². The highest BCUT2D eigenvalue weighted by Crippen LogP contribution is 2.69. The van der Waals surface area contributed by atoms with Crippen molar-refractivity contribution in [2.75, 3.05) is 0 Å². The second-order valence-corrected chi connectivity index (χ2v) is 18.4. The van der Waals surface area contributed by atoms with Crippen LogP contribution in [-0.4, -0.2) is 4.98 Å². The van der Waals surface area contributed by atoms with Gasteiger partial charge in [0.2, 0.25) is 0 Å². The third kappa shape index (κ3) is 4.72. The standard InChI is InChI=1S/C55H43FN2/c1-54(2)48-18-15-37(38-14-17-44-43-16-13-32(31-57)24-49(43)55(50(44)26-38)40-20-33-19-34(22-40)23-41(55)21-33)25-46(48)47-30-42(56)29-45(53(47)54)39-27-51(35-9-5-3-6-10-35)58-52(28-39)36-11-7-4-8-12-36/h3-18,24-30,33-34,40-41H,19-23H2,1-2H3. The Balaban J connectivity index is 1.01. The summed E-state index contributed by atoms with van der Waals surface area (Å²) in [6.07, 6.45) is 6.58. The molecule has 280 valence electrons. The molecule has 13 rings (SSSR count). The number of nitriles is 1. The summed E-state index contributed by atoms with van der Waals surface area (Å²) in [6, 6.07) is 51.3. The lowest BCUT2D eigenvalue weighted by Crippen LogP contribution is -2.55. The Kier molecular flexibility index (Phi) is 7.15. The number of rotatable bonds is 4. The SMILES string of the molecule is CC1(C)c2ccc(-c3ccc4c(c3)C3(c5cc(C#N)ccc5-4)C4CC5CC(C4)CC3C5)cc2-c2cc(F)cc(-c3cc(-c4ccccc4)nc(-c4ccccc4)c3)c21. The Morgan fingerprint density at radius 3 is 1.72 bits per heavy atom. The molecule has 1 heterocycles. The molecule has 2 nitrogen and oxygen atoms in total. The summed E-state index contributed by atoms with van der Waals surface area (Å²) in [6.45, 7) is 4.57. The highest BCUT2D eigenvalue weighted by molar-refractivity contribution is 5.92. The van der Waals surface area contributed by atoms with E-state index in [4.69, 9.17) is 4.98 Å². The molecule has 3 heteroatoms. The molecule has 4 saturated carbocycles. The van der Waals surface area contributed by atoms with E-state index in [-0.39, 0.29) is 16.6 Å². The zero-order valence-corrected chi connectivity index (χ0v) is 32.9. The van der Waals surface area contributed by atoms with Crippen molar-refractivity contribution in [1.82, 2.24) is 4.98 Å². The van der Waals surface area contributed by atoms with Gasteiger partial charge in [-0.2, -0.15) is 5.26 Å². The molecule has 1 aromatic heterocycles. The van der Waals surface area contributed by atoms with Crippen LogP contribution in [0.5, 0.6) is 0 Å². The Morgan fingerprint density at radius 2 is 1.09 bits per heavy atom. The summed E-state index contributed by atoms with van der Waals surface area (Å²) < 4.78 is 16.2. The molecule has 7 aromatic rings. The maximum absolute atomic E-state index is 16.2. The normalized spacial score (nSPS) is 23.6. The van der Waals surface area contributed by atoms with E-state index in [1.165, 1.54) is 65.5 Å². The van der Waals surface area contributed by atoms with E-state index in [1.807, 2.05) is 42.5 Å². The molecule has 0 aliphatic heterocycles. The van der Waals surface area contributed by atoms with E-state index in [2.05, 4.69) is 105 Å². The summed E-state index contributed by atoms with van der Waals surface area (Å²) in [5.74, 6) is 2.67. The van der Waals surface area contributed by atoms with Gasteiger partial charge >= 0.3 is 0 Å². The first-order chi connectivity index (χ1) is 28.3. The lowest BCUT2D eigenvalue weighted by atomic mass is 9.43. The predicted molar refractivity (Wildman–Crippen MR) is 231 cm³/mol. The first kappa shape index (κ1) is 34.0. The van der Waals surface area contributed by atoms with E-state index >= 15 is 4.39 Å². The number of halogens is 1. The van der Waals surface area contributed by atoms with Gasteiger partial charge in [0.05, 0.1) is 23.0 Å². The molecule has 0 saturated heterocycles. The van der Waals surface area contributed by atoms with Crippen LogP contribution in [0.2, 0.25) is 0 Å². The molecule has 0 N–H and O–H groups in total. The molecule has 0 atom stereocenters.